The van der Waals surface area contributed by atoms with E-state index in [-0.39, 0.29) is 0 Å². The van der Waals surface area contributed by atoms with E-state index in [4.69, 9.17) is 16.9 Å². The van der Waals surface area contributed by atoms with Crippen molar-refractivity contribution in [3.05, 3.63) is 44.6 Å². The van der Waals surface area contributed by atoms with Gasteiger partial charge in [-0.1, -0.05) is 27.5 Å². The van der Waals surface area contributed by atoms with Gasteiger partial charge in [0.15, 0.2) is 0 Å². The molecular weight excluding hydrogens is 340 g/mol. The van der Waals surface area contributed by atoms with Crippen LogP contribution in [0.15, 0.2) is 22.7 Å². The van der Waals surface area contributed by atoms with E-state index in [1.165, 1.54) is 0 Å². The molecule has 2 rings (SSSR count). The number of rotatable bonds is 4. The molecule has 0 aliphatic carbocycles. The van der Waals surface area contributed by atoms with Gasteiger partial charge in [-0.3, -0.25) is 4.68 Å². The van der Waals surface area contributed by atoms with Crippen LogP contribution in [0.5, 0.6) is 0 Å². The number of nitrogens with zero attached hydrogens (tertiary/aromatic N) is 3. The Labute approximate surface area is 131 Å². The minimum atomic E-state index is 0.526. The van der Waals surface area contributed by atoms with Crippen molar-refractivity contribution in [2.45, 2.75) is 26.9 Å². The Morgan fingerprint density at radius 2 is 2.25 bits per heavy atom. The van der Waals surface area contributed by atoms with Crippen molar-refractivity contribution in [3.63, 3.8) is 0 Å². The molecule has 1 aromatic heterocycles. The van der Waals surface area contributed by atoms with Gasteiger partial charge in [-0.2, -0.15) is 10.4 Å². The number of nitrogens with one attached hydrogen (secondary N) is 1. The van der Waals surface area contributed by atoms with E-state index in [0.717, 1.165) is 28.1 Å². The molecule has 0 saturated heterocycles. The summed E-state index contributed by atoms with van der Waals surface area (Å²) in [7, 11) is 0. The predicted molar refractivity (Wildman–Crippen MR) is 83.8 cm³/mol. The summed E-state index contributed by atoms with van der Waals surface area (Å²) < 4.78 is 2.79. The summed E-state index contributed by atoms with van der Waals surface area (Å²) in [6.07, 6.45) is 0. The molecule has 20 heavy (non-hydrogen) atoms. The highest BCUT2D eigenvalue weighted by Crippen LogP contribution is 2.24. The summed E-state index contributed by atoms with van der Waals surface area (Å²) in [5.74, 6) is 0. The number of hydrogen-bond donors (Lipinski definition) is 1. The second-order valence-corrected chi connectivity index (χ2v) is 5.61. The zero-order valence-electron chi connectivity index (χ0n) is 11.2. The molecule has 0 aliphatic heterocycles. The van der Waals surface area contributed by atoms with Crippen LogP contribution in [0.25, 0.3) is 0 Å². The maximum absolute atomic E-state index is 9.12. The summed E-state index contributed by atoms with van der Waals surface area (Å²) in [4.78, 5) is 0. The van der Waals surface area contributed by atoms with E-state index in [1.807, 2.05) is 30.7 Å². The van der Waals surface area contributed by atoms with Crippen molar-refractivity contribution in [2.75, 3.05) is 5.32 Å². The first-order valence-electron chi connectivity index (χ1n) is 6.22. The van der Waals surface area contributed by atoms with Crippen LogP contribution in [0, 0.1) is 18.3 Å². The van der Waals surface area contributed by atoms with E-state index in [1.54, 1.807) is 6.07 Å². The molecule has 2 aromatic rings. The Bertz CT molecular complexity index is 673. The molecule has 0 saturated carbocycles. The molecule has 4 nitrogen and oxygen atoms in total. The van der Waals surface area contributed by atoms with Gasteiger partial charge in [0.25, 0.3) is 0 Å². The quantitative estimate of drug-likeness (QED) is 0.900. The number of nitriles is 1. The Balaban J connectivity index is 2.25. The van der Waals surface area contributed by atoms with Crippen molar-refractivity contribution in [3.8, 4) is 6.07 Å². The molecule has 0 atom stereocenters. The molecule has 1 heterocycles. The lowest BCUT2D eigenvalue weighted by molar-refractivity contribution is 0.623. The minimum absolute atomic E-state index is 0.526. The van der Waals surface area contributed by atoms with E-state index in [0.29, 0.717) is 17.1 Å². The normalized spacial score (nSPS) is 10.3. The van der Waals surface area contributed by atoms with Gasteiger partial charge in [-0.05, 0) is 32.0 Å². The molecule has 6 heteroatoms. The monoisotopic (exact) mass is 352 g/mol. The maximum atomic E-state index is 9.12. The van der Waals surface area contributed by atoms with Gasteiger partial charge >= 0.3 is 0 Å². The number of hydrogen-bond acceptors (Lipinski definition) is 3. The minimum Gasteiger partial charge on any atom is -0.378 e. The Morgan fingerprint density at radius 1 is 1.50 bits per heavy atom. The van der Waals surface area contributed by atoms with Crippen molar-refractivity contribution in [1.29, 1.82) is 5.26 Å². The van der Waals surface area contributed by atoms with Crippen LogP contribution < -0.4 is 5.32 Å². The van der Waals surface area contributed by atoms with Crippen LogP contribution in [-0.4, -0.2) is 9.78 Å². The summed E-state index contributed by atoms with van der Waals surface area (Å²) in [5.41, 5.74) is 3.12. The molecule has 0 unspecified atom stereocenters. The Morgan fingerprint density at radius 3 is 2.90 bits per heavy atom. The standard InChI is InChI=1S/C14H14BrClN4/c1-3-20-13(14(16)9(2)19-20)8-18-12-6-11(15)5-4-10(12)7-17/h4-6,18H,3,8H2,1-2H3. The number of aryl methyl sites for hydroxylation is 2. The van der Waals surface area contributed by atoms with Crippen molar-refractivity contribution in [2.24, 2.45) is 0 Å². The molecule has 0 radical (unpaired) electrons. The average molecular weight is 354 g/mol. The van der Waals surface area contributed by atoms with Crippen LogP contribution >= 0.6 is 27.5 Å². The molecule has 0 spiro atoms. The highest BCUT2D eigenvalue weighted by Gasteiger charge is 2.12. The fourth-order valence-corrected chi connectivity index (χ4v) is 2.54. The van der Waals surface area contributed by atoms with Gasteiger partial charge in [0, 0.05) is 11.0 Å². The van der Waals surface area contributed by atoms with Crippen molar-refractivity contribution in [1.82, 2.24) is 9.78 Å². The maximum Gasteiger partial charge on any atom is 0.101 e. The SMILES string of the molecule is CCn1nc(C)c(Cl)c1CNc1cc(Br)ccc1C#N. The fraction of sp³-hybridized carbons (Fsp3) is 0.286. The lowest BCUT2D eigenvalue weighted by atomic mass is 10.2. The average Bonchev–Trinajstić information content (AvgIpc) is 2.72. The van der Waals surface area contributed by atoms with Gasteiger partial charge in [-0.15, -0.1) is 0 Å². The largest absolute Gasteiger partial charge is 0.378 e. The second-order valence-electron chi connectivity index (χ2n) is 4.32. The Kier molecular flexibility index (Phi) is 4.69. The summed E-state index contributed by atoms with van der Waals surface area (Å²) in [6, 6.07) is 7.67. The summed E-state index contributed by atoms with van der Waals surface area (Å²) >= 11 is 9.67. The first-order valence-corrected chi connectivity index (χ1v) is 7.39. The van der Waals surface area contributed by atoms with Crippen molar-refractivity contribution >= 4 is 33.2 Å². The lowest BCUT2D eigenvalue weighted by Gasteiger charge is -2.10. The van der Waals surface area contributed by atoms with Crippen LogP contribution in [0.1, 0.15) is 23.9 Å². The van der Waals surface area contributed by atoms with Gasteiger partial charge in [0.2, 0.25) is 0 Å². The predicted octanol–water partition coefficient (Wildman–Crippen LogP) is 4.11. The second kappa shape index (κ2) is 6.29. The first-order chi connectivity index (χ1) is 9.56. The lowest BCUT2D eigenvalue weighted by Crippen LogP contribution is -2.09. The van der Waals surface area contributed by atoms with Gasteiger partial charge in [0.05, 0.1) is 34.2 Å². The zero-order chi connectivity index (χ0) is 14.7. The molecule has 0 bridgehead atoms. The summed E-state index contributed by atoms with van der Waals surface area (Å²) in [6.45, 7) is 5.19. The van der Waals surface area contributed by atoms with Gasteiger partial charge in [0.1, 0.15) is 6.07 Å². The smallest absolute Gasteiger partial charge is 0.101 e. The summed E-state index contributed by atoms with van der Waals surface area (Å²) in [5, 5.41) is 17.4. The highest BCUT2D eigenvalue weighted by molar-refractivity contribution is 9.10. The molecule has 0 amide bonds. The number of benzene rings is 1. The van der Waals surface area contributed by atoms with Gasteiger partial charge < -0.3 is 5.32 Å². The molecule has 0 fully saturated rings. The van der Waals surface area contributed by atoms with Gasteiger partial charge in [-0.25, -0.2) is 0 Å². The zero-order valence-corrected chi connectivity index (χ0v) is 13.6. The Hall–Kier alpha value is -1.51. The fourth-order valence-electron chi connectivity index (χ4n) is 1.98. The molecule has 104 valence electrons. The van der Waals surface area contributed by atoms with Crippen LogP contribution in [0.3, 0.4) is 0 Å². The number of aromatic nitrogens is 2. The van der Waals surface area contributed by atoms with Crippen LogP contribution in [0.2, 0.25) is 5.02 Å². The molecule has 0 aliphatic rings. The van der Waals surface area contributed by atoms with Crippen molar-refractivity contribution < 1.29 is 0 Å². The van der Waals surface area contributed by atoms with E-state index in [2.05, 4.69) is 32.4 Å². The molecule has 1 N–H and O–H groups in total. The first kappa shape index (κ1) is 14.9. The highest BCUT2D eigenvalue weighted by atomic mass is 79.9. The van der Waals surface area contributed by atoms with E-state index in [9.17, 15) is 0 Å². The third-order valence-electron chi connectivity index (χ3n) is 3.00. The third-order valence-corrected chi connectivity index (χ3v) is 3.99. The molecular formula is C14H14BrClN4. The van der Waals surface area contributed by atoms with E-state index >= 15 is 0 Å². The topological polar surface area (TPSA) is 53.6 Å². The number of anilines is 1. The van der Waals surface area contributed by atoms with E-state index < -0.39 is 0 Å². The third kappa shape index (κ3) is 2.97. The van der Waals surface area contributed by atoms with Crippen LogP contribution in [0.4, 0.5) is 5.69 Å². The number of halogens is 2. The van der Waals surface area contributed by atoms with Crippen LogP contribution in [-0.2, 0) is 13.1 Å². The molecule has 1 aromatic carbocycles.